The number of halogens is 1. The Morgan fingerprint density at radius 1 is 1.19 bits per heavy atom. The van der Waals surface area contributed by atoms with Crippen LogP contribution in [0.15, 0.2) is 48.0 Å². The first-order chi connectivity index (χ1) is 12.9. The van der Waals surface area contributed by atoms with Crippen LogP contribution in [0, 0.1) is 6.92 Å². The first-order valence-electron chi connectivity index (χ1n) is 8.31. The Kier molecular flexibility index (Phi) is 5.58. The zero-order valence-corrected chi connectivity index (χ0v) is 16.4. The third kappa shape index (κ3) is 4.02. The molecule has 5 nitrogen and oxygen atoms in total. The quantitative estimate of drug-likeness (QED) is 0.480. The SMILES string of the molecule is CCOc1ccc(/C=C2\C(=O)NC(=S)N(c3ccc(C)c(Cl)c3)C2=O)cc1. The molecule has 1 aliphatic heterocycles. The molecule has 0 spiro atoms. The largest absolute Gasteiger partial charge is 0.494 e. The second kappa shape index (κ2) is 7.90. The van der Waals surface area contributed by atoms with Crippen LogP contribution >= 0.6 is 23.8 Å². The van der Waals surface area contributed by atoms with Crippen molar-refractivity contribution in [2.75, 3.05) is 11.5 Å². The number of amides is 2. The van der Waals surface area contributed by atoms with Crippen LogP contribution in [0.1, 0.15) is 18.1 Å². The van der Waals surface area contributed by atoms with Gasteiger partial charge in [-0.05, 0) is 67.5 Å². The number of hydrogen-bond donors (Lipinski definition) is 1. The summed E-state index contributed by atoms with van der Waals surface area (Å²) in [6, 6.07) is 12.3. The lowest BCUT2D eigenvalue weighted by Crippen LogP contribution is -2.54. The second-order valence-corrected chi connectivity index (χ2v) is 6.69. The van der Waals surface area contributed by atoms with Crippen molar-refractivity contribution in [2.45, 2.75) is 13.8 Å². The minimum absolute atomic E-state index is 0.00976. The zero-order chi connectivity index (χ0) is 19.6. The molecule has 0 atom stereocenters. The molecule has 2 aromatic rings. The highest BCUT2D eigenvalue weighted by molar-refractivity contribution is 7.80. The number of ether oxygens (including phenoxy) is 1. The highest BCUT2D eigenvalue weighted by Gasteiger charge is 2.34. The summed E-state index contributed by atoms with van der Waals surface area (Å²) in [5.41, 5.74) is 2.07. The first-order valence-corrected chi connectivity index (χ1v) is 9.10. The van der Waals surface area contributed by atoms with Gasteiger partial charge >= 0.3 is 0 Å². The fraction of sp³-hybridized carbons (Fsp3) is 0.150. The van der Waals surface area contributed by atoms with Gasteiger partial charge in [0.25, 0.3) is 11.8 Å². The van der Waals surface area contributed by atoms with Gasteiger partial charge in [0, 0.05) is 5.02 Å². The maximum Gasteiger partial charge on any atom is 0.270 e. The Labute approximate surface area is 167 Å². The molecule has 7 heteroatoms. The van der Waals surface area contributed by atoms with Crippen molar-refractivity contribution in [3.63, 3.8) is 0 Å². The molecule has 2 aromatic carbocycles. The number of carbonyl (C=O) groups is 2. The number of rotatable bonds is 4. The number of benzene rings is 2. The molecule has 0 radical (unpaired) electrons. The molecule has 0 bridgehead atoms. The topological polar surface area (TPSA) is 58.6 Å². The van der Waals surface area contributed by atoms with E-state index in [0.717, 1.165) is 11.3 Å². The smallest absolute Gasteiger partial charge is 0.270 e. The molecule has 0 saturated carbocycles. The second-order valence-electron chi connectivity index (χ2n) is 5.89. The van der Waals surface area contributed by atoms with Crippen molar-refractivity contribution in [1.82, 2.24) is 5.32 Å². The molecule has 1 fully saturated rings. The van der Waals surface area contributed by atoms with Crippen molar-refractivity contribution in [1.29, 1.82) is 0 Å². The van der Waals surface area contributed by atoms with Gasteiger partial charge in [0.05, 0.1) is 12.3 Å². The predicted octanol–water partition coefficient (Wildman–Crippen LogP) is 3.88. The van der Waals surface area contributed by atoms with Crippen LogP contribution < -0.4 is 15.0 Å². The van der Waals surface area contributed by atoms with Crippen LogP contribution in [0.25, 0.3) is 6.08 Å². The molecule has 1 heterocycles. The summed E-state index contributed by atoms with van der Waals surface area (Å²) in [7, 11) is 0. The van der Waals surface area contributed by atoms with Crippen LogP contribution in [-0.4, -0.2) is 23.5 Å². The molecule has 1 N–H and O–H groups in total. The average molecular weight is 401 g/mol. The maximum atomic E-state index is 13.0. The summed E-state index contributed by atoms with van der Waals surface area (Å²) in [5, 5.41) is 3.09. The lowest BCUT2D eigenvalue weighted by molar-refractivity contribution is -0.122. The Hall–Kier alpha value is -2.70. The van der Waals surface area contributed by atoms with E-state index >= 15 is 0 Å². The average Bonchev–Trinajstić information content (AvgIpc) is 2.63. The summed E-state index contributed by atoms with van der Waals surface area (Å²) in [6.45, 7) is 4.32. The van der Waals surface area contributed by atoms with Crippen LogP contribution in [0.5, 0.6) is 5.75 Å². The summed E-state index contributed by atoms with van der Waals surface area (Å²) < 4.78 is 5.40. The molecule has 2 amide bonds. The van der Waals surface area contributed by atoms with E-state index in [1.165, 1.54) is 11.0 Å². The van der Waals surface area contributed by atoms with Crippen molar-refractivity contribution in [3.05, 3.63) is 64.2 Å². The van der Waals surface area contributed by atoms with E-state index in [2.05, 4.69) is 5.32 Å². The van der Waals surface area contributed by atoms with Crippen LogP contribution in [0.4, 0.5) is 5.69 Å². The van der Waals surface area contributed by atoms with Gasteiger partial charge in [-0.2, -0.15) is 0 Å². The fourth-order valence-corrected chi connectivity index (χ4v) is 3.06. The molecule has 1 aliphatic rings. The van der Waals surface area contributed by atoms with Gasteiger partial charge in [0.15, 0.2) is 5.11 Å². The van der Waals surface area contributed by atoms with E-state index in [1.807, 2.05) is 13.8 Å². The normalized spacial score (nSPS) is 15.9. The molecule has 1 saturated heterocycles. The number of aryl methyl sites for hydroxylation is 1. The number of thiocarbonyl (C=S) groups is 1. The van der Waals surface area contributed by atoms with Gasteiger partial charge in [-0.15, -0.1) is 0 Å². The third-order valence-electron chi connectivity index (χ3n) is 4.02. The minimum Gasteiger partial charge on any atom is -0.494 e. The fourth-order valence-electron chi connectivity index (χ4n) is 2.61. The lowest BCUT2D eigenvalue weighted by atomic mass is 10.1. The Balaban J connectivity index is 1.95. The monoisotopic (exact) mass is 400 g/mol. The van der Waals surface area contributed by atoms with Gasteiger partial charge in [-0.3, -0.25) is 19.8 Å². The van der Waals surface area contributed by atoms with Crippen LogP contribution in [-0.2, 0) is 9.59 Å². The van der Waals surface area contributed by atoms with Crippen molar-refractivity contribution in [2.24, 2.45) is 0 Å². The molecule has 0 unspecified atom stereocenters. The highest BCUT2D eigenvalue weighted by Crippen LogP contribution is 2.27. The Morgan fingerprint density at radius 2 is 1.89 bits per heavy atom. The number of carbonyl (C=O) groups excluding carboxylic acids is 2. The van der Waals surface area contributed by atoms with Crippen LogP contribution in [0.2, 0.25) is 5.02 Å². The minimum atomic E-state index is -0.534. The molecule has 138 valence electrons. The highest BCUT2D eigenvalue weighted by atomic mass is 35.5. The number of anilines is 1. The maximum absolute atomic E-state index is 13.0. The predicted molar refractivity (Wildman–Crippen MR) is 110 cm³/mol. The number of nitrogens with one attached hydrogen (secondary N) is 1. The van der Waals surface area contributed by atoms with Gasteiger partial charge in [0.2, 0.25) is 0 Å². The van der Waals surface area contributed by atoms with Crippen molar-refractivity contribution >= 4 is 52.5 Å². The summed E-state index contributed by atoms with van der Waals surface area (Å²) in [5.74, 6) is -0.318. The number of hydrogen-bond acceptors (Lipinski definition) is 4. The number of nitrogens with zero attached hydrogens (tertiary/aromatic N) is 1. The summed E-state index contributed by atoms with van der Waals surface area (Å²) in [6.07, 6.45) is 1.53. The molecule has 27 heavy (non-hydrogen) atoms. The van der Waals surface area contributed by atoms with E-state index in [0.29, 0.717) is 22.9 Å². The molecular formula is C20H17ClN2O3S. The lowest BCUT2D eigenvalue weighted by Gasteiger charge is -2.29. The Morgan fingerprint density at radius 3 is 2.52 bits per heavy atom. The van der Waals surface area contributed by atoms with Gasteiger partial charge < -0.3 is 4.74 Å². The zero-order valence-electron chi connectivity index (χ0n) is 14.8. The van der Waals surface area contributed by atoms with Crippen molar-refractivity contribution in [3.8, 4) is 5.75 Å². The van der Waals surface area contributed by atoms with E-state index < -0.39 is 11.8 Å². The van der Waals surface area contributed by atoms with Gasteiger partial charge in [-0.25, -0.2) is 0 Å². The van der Waals surface area contributed by atoms with Crippen molar-refractivity contribution < 1.29 is 14.3 Å². The van der Waals surface area contributed by atoms with E-state index in [-0.39, 0.29) is 10.7 Å². The first kappa shape index (κ1) is 19.1. The summed E-state index contributed by atoms with van der Waals surface area (Å²) in [4.78, 5) is 26.5. The summed E-state index contributed by atoms with van der Waals surface area (Å²) >= 11 is 11.4. The Bertz CT molecular complexity index is 954. The van der Waals surface area contributed by atoms with Gasteiger partial charge in [0.1, 0.15) is 11.3 Å². The standard InChI is InChI=1S/C20H17ClN2O3S/c1-3-26-15-8-5-13(6-9-15)10-16-18(24)22-20(27)23(19(16)25)14-7-4-12(2)17(21)11-14/h4-11H,3H2,1-2H3,(H,22,24,27)/b16-10+. The van der Waals surface area contributed by atoms with Crippen LogP contribution in [0.3, 0.4) is 0 Å². The van der Waals surface area contributed by atoms with E-state index in [9.17, 15) is 9.59 Å². The molecule has 0 aliphatic carbocycles. The molecular weight excluding hydrogens is 384 g/mol. The van der Waals surface area contributed by atoms with E-state index in [1.54, 1.807) is 42.5 Å². The van der Waals surface area contributed by atoms with E-state index in [4.69, 9.17) is 28.6 Å². The molecule has 3 rings (SSSR count). The third-order valence-corrected chi connectivity index (χ3v) is 4.71. The van der Waals surface area contributed by atoms with Gasteiger partial charge in [-0.1, -0.05) is 29.8 Å². The molecule has 0 aromatic heterocycles.